The van der Waals surface area contributed by atoms with E-state index in [4.69, 9.17) is 0 Å². The van der Waals surface area contributed by atoms with Crippen molar-refractivity contribution in [2.75, 3.05) is 0 Å². The SMILES string of the molecule is CC(NC(=O)c1ccc(F)cc1Br)(C(=O)O)C1CC1. The van der Waals surface area contributed by atoms with Gasteiger partial charge in [-0.2, -0.15) is 0 Å². The number of carbonyl (C=O) groups is 2. The smallest absolute Gasteiger partial charge is 0.329 e. The molecule has 4 nitrogen and oxygen atoms in total. The first-order chi connectivity index (χ1) is 8.84. The fourth-order valence-electron chi connectivity index (χ4n) is 1.97. The van der Waals surface area contributed by atoms with Crippen molar-refractivity contribution in [3.63, 3.8) is 0 Å². The summed E-state index contributed by atoms with van der Waals surface area (Å²) in [6.07, 6.45) is 1.57. The van der Waals surface area contributed by atoms with E-state index in [1.54, 1.807) is 0 Å². The largest absolute Gasteiger partial charge is 0.480 e. The standard InChI is InChI=1S/C13H13BrFNO3/c1-13(12(18)19,7-2-3-7)16-11(17)9-5-4-8(15)6-10(9)14/h4-7H,2-3H2,1H3,(H,16,17)(H,18,19). The van der Waals surface area contributed by atoms with Gasteiger partial charge >= 0.3 is 5.97 Å². The molecule has 2 N–H and O–H groups in total. The van der Waals surface area contributed by atoms with Gasteiger partial charge in [0, 0.05) is 4.47 Å². The molecule has 102 valence electrons. The fraction of sp³-hybridized carbons (Fsp3) is 0.385. The average molecular weight is 330 g/mol. The highest BCUT2D eigenvalue weighted by Gasteiger charge is 2.48. The van der Waals surface area contributed by atoms with Crippen molar-refractivity contribution in [1.29, 1.82) is 0 Å². The minimum atomic E-state index is -1.27. The number of benzene rings is 1. The van der Waals surface area contributed by atoms with Gasteiger partial charge in [-0.3, -0.25) is 4.79 Å². The molecule has 0 saturated heterocycles. The molecule has 1 unspecified atom stereocenters. The van der Waals surface area contributed by atoms with Crippen LogP contribution in [-0.2, 0) is 4.79 Å². The van der Waals surface area contributed by atoms with Gasteiger partial charge < -0.3 is 10.4 Å². The summed E-state index contributed by atoms with van der Waals surface area (Å²) in [5.74, 6) is -2.09. The number of halogens is 2. The van der Waals surface area contributed by atoms with Crippen LogP contribution in [0.15, 0.2) is 22.7 Å². The number of hydrogen-bond acceptors (Lipinski definition) is 2. The second-order valence-electron chi connectivity index (χ2n) is 4.86. The van der Waals surface area contributed by atoms with Crippen molar-refractivity contribution in [2.45, 2.75) is 25.3 Å². The van der Waals surface area contributed by atoms with Crippen LogP contribution in [0.1, 0.15) is 30.1 Å². The van der Waals surface area contributed by atoms with E-state index in [-0.39, 0.29) is 11.5 Å². The molecule has 1 aliphatic carbocycles. The summed E-state index contributed by atoms with van der Waals surface area (Å²) in [5.41, 5.74) is -1.06. The summed E-state index contributed by atoms with van der Waals surface area (Å²) < 4.78 is 13.3. The summed E-state index contributed by atoms with van der Waals surface area (Å²) in [5, 5.41) is 11.8. The highest BCUT2D eigenvalue weighted by Crippen LogP contribution is 2.40. The Hall–Kier alpha value is -1.43. The molecule has 0 spiro atoms. The maximum absolute atomic E-state index is 13.0. The van der Waals surface area contributed by atoms with Crippen LogP contribution in [-0.4, -0.2) is 22.5 Å². The summed E-state index contributed by atoms with van der Waals surface area (Å²) >= 11 is 3.10. The van der Waals surface area contributed by atoms with Crippen LogP contribution in [0, 0.1) is 11.7 Å². The van der Waals surface area contributed by atoms with Gasteiger partial charge in [0.25, 0.3) is 5.91 Å². The summed E-state index contributed by atoms with van der Waals surface area (Å²) in [4.78, 5) is 23.4. The van der Waals surface area contributed by atoms with E-state index in [0.29, 0.717) is 4.47 Å². The molecule has 0 bridgehead atoms. The number of carboxylic acid groups (broad SMARTS) is 1. The van der Waals surface area contributed by atoms with Gasteiger partial charge in [0.05, 0.1) is 5.56 Å². The maximum Gasteiger partial charge on any atom is 0.329 e. The van der Waals surface area contributed by atoms with Crippen LogP contribution in [0.3, 0.4) is 0 Å². The Morgan fingerprint density at radius 1 is 1.47 bits per heavy atom. The molecular formula is C13H13BrFNO3. The van der Waals surface area contributed by atoms with E-state index in [0.717, 1.165) is 18.9 Å². The zero-order valence-electron chi connectivity index (χ0n) is 10.2. The van der Waals surface area contributed by atoms with Gasteiger partial charge in [-0.15, -0.1) is 0 Å². The van der Waals surface area contributed by atoms with Crippen molar-refractivity contribution in [2.24, 2.45) is 5.92 Å². The molecule has 0 aromatic heterocycles. The fourth-order valence-corrected chi connectivity index (χ4v) is 2.50. The van der Waals surface area contributed by atoms with Crippen LogP contribution in [0.4, 0.5) is 4.39 Å². The van der Waals surface area contributed by atoms with E-state index in [9.17, 15) is 19.1 Å². The second-order valence-corrected chi connectivity index (χ2v) is 5.71. The predicted molar refractivity (Wildman–Crippen MR) is 70.3 cm³/mol. The third-order valence-corrected chi connectivity index (χ3v) is 4.04. The molecule has 1 fully saturated rings. The Balaban J connectivity index is 2.22. The molecule has 6 heteroatoms. The van der Waals surface area contributed by atoms with Gasteiger partial charge in [0.15, 0.2) is 0 Å². The van der Waals surface area contributed by atoms with Gasteiger partial charge in [-0.25, -0.2) is 9.18 Å². The number of hydrogen-bond donors (Lipinski definition) is 2. The molecule has 1 amide bonds. The topological polar surface area (TPSA) is 66.4 Å². The average Bonchev–Trinajstić information content (AvgIpc) is 3.11. The Labute approximate surface area is 118 Å². The molecule has 1 saturated carbocycles. The molecule has 1 aliphatic rings. The lowest BCUT2D eigenvalue weighted by Gasteiger charge is -2.26. The second kappa shape index (κ2) is 4.92. The third kappa shape index (κ3) is 2.78. The molecule has 1 aromatic carbocycles. The first-order valence-electron chi connectivity index (χ1n) is 5.85. The Morgan fingerprint density at radius 2 is 2.11 bits per heavy atom. The van der Waals surface area contributed by atoms with Crippen LogP contribution in [0.5, 0.6) is 0 Å². The van der Waals surface area contributed by atoms with Gasteiger partial charge in [0.2, 0.25) is 0 Å². The molecule has 0 heterocycles. The Bertz CT molecular complexity index is 545. The normalized spacial score (nSPS) is 17.6. The van der Waals surface area contributed by atoms with Crippen molar-refractivity contribution < 1.29 is 19.1 Å². The Morgan fingerprint density at radius 3 is 2.58 bits per heavy atom. The lowest BCUT2D eigenvalue weighted by atomic mass is 9.95. The summed E-state index contributed by atoms with van der Waals surface area (Å²) in [6, 6.07) is 3.66. The predicted octanol–water partition coefficient (Wildman–Crippen LogP) is 2.57. The minimum absolute atomic E-state index is 0.0480. The molecular weight excluding hydrogens is 317 g/mol. The van der Waals surface area contributed by atoms with E-state index >= 15 is 0 Å². The van der Waals surface area contributed by atoms with Gasteiger partial charge in [-0.1, -0.05) is 0 Å². The highest BCUT2D eigenvalue weighted by molar-refractivity contribution is 9.10. The highest BCUT2D eigenvalue weighted by atomic mass is 79.9. The lowest BCUT2D eigenvalue weighted by molar-refractivity contribution is -0.144. The number of aliphatic carboxylic acids is 1. The molecule has 0 radical (unpaired) electrons. The third-order valence-electron chi connectivity index (χ3n) is 3.39. The number of carbonyl (C=O) groups excluding carboxylic acids is 1. The van der Waals surface area contributed by atoms with Crippen LogP contribution in [0.25, 0.3) is 0 Å². The monoisotopic (exact) mass is 329 g/mol. The molecule has 1 aromatic rings. The number of amides is 1. The number of nitrogens with one attached hydrogen (secondary N) is 1. The number of rotatable bonds is 4. The van der Waals surface area contributed by atoms with E-state index in [1.165, 1.54) is 19.1 Å². The summed E-state index contributed by atoms with van der Waals surface area (Å²) in [7, 11) is 0. The minimum Gasteiger partial charge on any atom is -0.480 e. The zero-order chi connectivity index (χ0) is 14.2. The maximum atomic E-state index is 13.0. The van der Waals surface area contributed by atoms with Crippen molar-refractivity contribution in [1.82, 2.24) is 5.32 Å². The van der Waals surface area contributed by atoms with E-state index < -0.39 is 23.2 Å². The zero-order valence-corrected chi connectivity index (χ0v) is 11.8. The first kappa shape index (κ1) is 14.0. The quantitative estimate of drug-likeness (QED) is 0.892. The van der Waals surface area contributed by atoms with E-state index in [2.05, 4.69) is 21.2 Å². The van der Waals surface area contributed by atoms with Crippen LogP contribution in [0.2, 0.25) is 0 Å². The first-order valence-corrected chi connectivity index (χ1v) is 6.65. The van der Waals surface area contributed by atoms with E-state index in [1.807, 2.05) is 0 Å². The van der Waals surface area contributed by atoms with Crippen molar-refractivity contribution in [3.8, 4) is 0 Å². The molecule has 19 heavy (non-hydrogen) atoms. The van der Waals surface area contributed by atoms with Gasteiger partial charge in [0.1, 0.15) is 11.4 Å². The Kier molecular flexibility index (Phi) is 3.62. The molecule has 2 rings (SSSR count). The lowest BCUT2D eigenvalue weighted by Crippen LogP contribution is -2.54. The molecule has 0 aliphatic heterocycles. The number of carboxylic acids is 1. The summed E-state index contributed by atoms with van der Waals surface area (Å²) in [6.45, 7) is 1.50. The van der Waals surface area contributed by atoms with Crippen LogP contribution >= 0.6 is 15.9 Å². The van der Waals surface area contributed by atoms with Crippen LogP contribution < -0.4 is 5.32 Å². The molecule has 1 atom stereocenters. The van der Waals surface area contributed by atoms with Crippen molar-refractivity contribution in [3.05, 3.63) is 34.1 Å². The van der Waals surface area contributed by atoms with Gasteiger partial charge in [-0.05, 0) is 59.8 Å². The van der Waals surface area contributed by atoms with Crippen molar-refractivity contribution >= 4 is 27.8 Å².